The molecule has 132 valence electrons. The van der Waals surface area contributed by atoms with Gasteiger partial charge in [0.1, 0.15) is 5.75 Å². The zero-order chi connectivity index (χ0) is 18.0. The number of ether oxygens (including phenoxy) is 1. The van der Waals surface area contributed by atoms with Crippen molar-refractivity contribution in [1.82, 2.24) is 14.3 Å². The number of nitrogens with zero attached hydrogens (tertiary/aromatic N) is 2. The van der Waals surface area contributed by atoms with Crippen molar-refractivity contribution in [2.75, 3.05) is 13.2 Å². The van der Waals surface area contributed by atoms with Crippen LogP contribution in [0.4, 0.5) is 0 Å². The van der Waals surface area contributed by atoms with Crippen LogP contribution >= 0.6 is 0 Å². The fourth-order valence-corrected chi connectivity index (χ4v) is 2.96. The molecular weight excluding hydrogens is 322 g/mol. The zero-order valence-electron chi connectivity index (χ0n) is 14.3. The molecule has 25 heavy (non-hydrogen) atoms. The summed E-state index contributed by atoms with van der Waals surface area (Å²) in [5.41, 5.74) is 1.38. The maximum absolute atomic E-state index is 12.6. The topological polar surface area (TPSA) is 89.2 Å². The Morgan fingerprint density at radius 1 is 1.20 bits per heavy atom. The lowest BCUT2D eigenvalue weighted by atomic mass is 10.1. The van der Waals surface area contributed by atoms with Gasteiger partial charge in [0.05, 0.1) is 16.6 Å². The third-order valence-electron chi connectivity index (χ3n) is 4.13. The monoisotopic (exact) mass is 343 g/mol. The fourth-order valence-electron chi connectivity index (χ4n) is 2.96. The van der Waals surface area contributed by atoms with Crippen LogP contribution in [-0.2, 0) is 18.3 Å². The normalized spacial score (nSPS) is 11.3. The molecule has 2 N–H and O–H groups in total. The van der Waals surface area contributed by atoms with Crippen LogP contribution in [0.15, 0.2) is 39.9 Å². The molecule has 2 heterocycles. The Hall–Kier alpha value is -2.80. The molecule has 0 fully saturated rings. The Labute approximate surface area is 144 Å². The van der Waals surface area contributed by atoms with Gasteiger partial charge in [0, 0.05) is 32.9 Å². The lowest BCUT2D eigenvalue weighted by Gasteiger charge is -2.14. The second-order valence-electron chi connectivity index (χ2n) is 5.84. The number of nitrogens with one attached hydrogen (secondary N) is 1. The summed E-state index contributed by atoms with van der Waals surface area (Å²) in [4.78, 5) is 25.2. The van der Waals surface area contributed by atoms with Crippen molar-refractivity contribution < 1.29 is 9.84 Å². The largest absolute Gasteiger partial charge is 0.508 e. The molecule has 0 aliphatic carbocycles. The van der Waals surface area contributed by atoms with Gasteiger partial charge in [-0.1, -0.05) is 0 Å². The minimum absolute atomic E-state index is 0.128. The first-order valence-electron chi connectivity index (χ1n) is 8.22. The SMILES string of the molecule is CCOCCCn1c(-c2ccc(O)cc2)c2c(=O)n(C)[nH]c2cc1=O. The Bertz CT molecular complexity index is 996. The van der Waals surface area contributed by atoms with Crippen LogP contribution in [0.3, 0.4) is 0 Å². The van der Waals surface area contributed by atoms with Gasteiger partial charge in [-0.15, -0.1) is 0 Å². The lowest BCUT2D eigenvalue weighted by Crippen LogP contribution is -2.23. The van der Waals surface area contributed by atoms with E-state index in [9.17, 15) is 14.7 Å². The number of phenolic OH excluding ortho intramolecular Hbond substituents is 1. The number of aryl methyl sites for hydroxylation is 1. The molecule has 3 rings (SSSR count). The van der Waals surface area contributed by atoms with E-state index in [0.29, 0.717) is 48.3 Å². The Morgan fingerprint density at radius 2 is 1.92 bits per heavy atom. The molecular formula is C18H21N3O4. The van der Waals surface area contributed by atoms with E-state index in [0.717, 1.165) is 0 Å². The van der Waals surface area contributed by atoms with Gasteiger partial charge in [-0.25, -0.2) is 0 Å². The van der Waals surface area contributed by atoms with E-state index in [4.69, 9.17) is 4.74 Å². The number of aromatic nitrogens is 3. The van der Waals surface area contributed by atoms with Crippen LogP contribution in [0.25, 0.3) is 22.2 Å². The predicted octanol–water partition coefficient (Wildman–Crippen LogP) is 1.83. The summed E-state index contributed by atoms with van der Waals surface area (Å²) in [5, 5.41) is 12.9. The van der Waals surface area contributed by atoms with Gasteiger partial charge in [0.15, 0.2) is 0 Å². The zero-order valence-corrected chi connectivity index (χ0v) is 14.3. The maximum atomic E-state index is 12.6. The number of phenols is 1. The van der Waals surface area contributed by atoms with Crippen LogP contribution < -0.4 is 11.1 Å². The van der Waals surface area contributed by atoms with Crippen molar-refractivity contribution in [2.24, 2.45) is 7.05 Å². The molecule has 1 aromatic carbocycles. The van der Waals surface area contributed by atoms with E-state index >= 15 is 0 Å². The standard InChI is InChI=1S/C18H21N3O4/c1-3-25-10-4-9-21-15(23)11-14-16(18(24)20(2)19-14)17(21)12-5-7-13(22)8-6-12/h5-8,11,19,22H,3-4,9-10H2,1-2H3. The number of aromatic hydroxyl groups is 1. The Kier molecular flexibility index (Phi) is 4.76. The smallest absolute Gasteiger partial charge is 0.276 e. The number of H-pyrrole nitrogens is 1. The average molecular weight is 343 g/mol. The number of hydrogen-bond donors (Lipinski definition) is 2. The second kappa shape index (κ2) is 6.98. The van der Waals surface area contributed by atoms with E-state index in [1.165, 1.54) is 10.7 Å². The molecule has 0 unspecified atom stereocenters. The molecule has 0 aliphatic heterocycles. The summed E-state index contributed by atoms with van der Waals surface area (Å²) < 4.78 is 8.31. The van der Waals surface area contributed by atoms with Crippen LogP contribution in [-0.4, -0.2) is 32.7 Å². The summed E-state index contributed by atoms with van der Waals surface area (Å²) >= 11 is 0. The molecule has 3 aromatic rings. The highest BCUT2D eigenvalue weighted by Crippen LogP contribution is 2.26. The van der Waals surface area contributed by atoms with Gasteiger partial charge in [0.25, 0.3) is 11.1 Å². The third-order valence-corrected chi connectivity index (χ3v) is 4.13. The predicted molar refractivity (Wildman–Crippen MR) is 96.0 cm³/mol. The maximum Gasteiger partial charge on any atom is 0.276 e. The third kappa shape index (κ3) is 3.23. The van der Waals surface area contributed by atoms with Crippen molar-refractivity contribution in [3.05, 3.63) is 51.0 Å². The Balaban J connectivity index is 2.22. The molecule has 7 heteroatoms. The van der Waals surface area contributed by atoms with E-state index in [-0.39, 0.29) is 16.9 Å². The summed E-state index contributed by atoms with van der Waals surface area (Å²) in [5.74, 6) is 0.128. The molecule has 7 nitrogen and oxygen atoms in total. The van der Waals surface area contributed by atoms with Crippen molar-refractivity contribution >= 4 is 10.9 Å². The van der Waals surface area contributed by atoms with Gasteiger partial charge >= 0.3 is 0 Å². The molecule has 0 atom stereocenters. The van der Waals surface area contributed by atoms with Gasteiger partial charge in [-0.05, 0) is 43.2 Å². The highest BCUT2D eigenvalue weighted by Gasteiger charge is 2.17. The van der Waals surface area contributed by atoms with E-state index in [2.05, 4.69) is 5.10 Å². The van der Waals surface area contributed by atoms with Gasteiger partial charge in [-0.2, -0.15) is 0 Å². The number of benzene rings is 1. The van der Waals surface area contributed by atoms with Crippen molar-refractivity contribution in [2.45, 2.75) is 19.9 Å². The summed E-state index contributed by atoms with van der Waals surface area (Å²) in [6.07, 6.45) is 0.662. The van der Waals surface area contributed by atoms with Crippen LogP contribution in [0, 0.1) is 0 Å². The van der Waals surface area contributed by atoms with E-state index in [1.807, 2.05) is 6.92 Å². The van der Waals surface area contributed by atoms with Gasteiger partial charge in [-0.3, -0.25) is 19.4 Å². The quantitative estimate of drug-likeness (QED) is 0.668. The van der Waals surface area contributed by atoms with E-state index in [1.54, 1.807) is 35.9 Å². The minimum atomic E-state index is -0.198. The number of pyridine rings is 1. The average Bonchev–Trinajstić information content (AvgIpc) is 2.86. The molecule has 0 radical (unpaired) electrons. The first kappa shape index (κ1) is 17.0. The lowest BCUT2D eigenvalue weighted by molar-refractivity contribution is 0.141. The minimum Gasteiger partial charge on any atom is -0.508 e. The van der Waals surface area contributed by atoms with Crippen LogP contribution in [0.2, 0.25) is 0 Å². The Morgan fingerprint density at radius 3 is 2.60 bits per heavy atom. The first-order valence-corrected chi connectivity index (χ1v) is 8.22. The molecule has 0 bridgehead atoms. The molecule has 0 saturated heterocycles. The number of aromatic amines is 1. The van der Waals surface area contributed by atoms with Crippen molar-refractivity contribution in [1.29, 1.82) is 0 Å². The van der Waals surface area contributed by atoms with E-state index < -0.39 is 0 Å². The summed E-state index contributed by atoms with van der Waals surface area (Å²) in [6, 6.07) is 7.94. The number of rotatable bonds is 6. The highest BCUT2D eigenvalue weighted by atomic mass is 16.5. The van der Waals surface area contributed by atoms with Gasteiger partial charge in [0.2, 0.25) is 0 Å². The molecule has 2 aromatic heterocycles. The van der Waals surface area contributed by atoms with Crippen molar-refractivity contribution in [3.8, 4) is 17.0 Å². The second-order valence-corrected chi connectivity index (χ2v) is 5.84. The van der Waals surface area contributed by atoms with Crippen LogP contribution in [0.1, 0.15) is 13.3 Å². The molecule has 0 spiro atoms. The summed E-state index contributed by atoms with van der Waals surface area (Å²) in [7, 11) is 1.62. The summed E-state index contributed by atoms with van der Waals surface area (Å²) in [6.45, 7) is 3.53. The number of hydrogen-bond acceptors (Lipinski definition) is 4. The molecule has 0 saturated carbocycles. The molecule has 0 amide bonds. The number of fused-ring (bicyclic) bond motifs is 1. The molecule has 0 aliphatic rings. The first-order chi connectivity index (χ1) is 12.0. The highest BCUT2D eigenvalue weighted by molar-refractivity contribution is 5.92. The fraction of sp³-hybridized carbons (Fsp3) is 0.333. The van der Waals surface area contributed by atoms with Crippen molar-refractivity contribution in [3.63, 3.8) is 0 Å². The van der Waals surface area contributed by atoms with Gasteiger partial charge < -0.3 is 14.4 Å². The van der Waals surface area contributed by atoms with Crippen LogP contribution in [0.5, 0.6) is 5.75 Å².